The van der Waals surface area contributed by atoms with Gasteiger partial charge in [0.2, 0.25) is 0 Å². The van der Waals surface area contributed by atoms with Gasteiger partial charge in [-0.1, -0.05) is 31.0 Å². The number of amidine groups is 1. The lowest BCUT2D eigenvalue weighted by atomic mass is 10.1. The standard InChI is InChI=1S/C14H18N2/c15-14(12-6-1-2-7-12)16-10-9-11-5-3-4-8-13(11)16/h3-5,8,12,15H,1-2,6-7,9-10H2. The molecular formula is C14H18N2. The number of rotatable bonds is 1. The highest BCUT2D eigenvalue weighted by Crippen LogP contribution is 2.33. The number of benzene rings is 1. The summed E-state index contributed by atoms with van der Waals surface area (Å²) in [6.07, 6.45) is 6.16. The maximum absolute atomic E-state index is 8.34. The van der Waals surface area contributed by atoms with E-state index in [1.807, 2.05) is 0 Å². The molecule has 2 heteroatoms. The van der Waals surface area contributed by atoms with Crippen LogP contribution in [0.1, 0.15) is 31.2 Å². The number of anilines is 1. The molecule has 1 N–H and O–H groups in total. The number of nitrogens with zero attached hydrogens (tertiary/aromatic N) is 1. The topological polar surface area (TPSA) is 27.1 Å². The number of nitrogens with one attached hydrogen (secondary N) is 1. The number of hydrogen-bond donors (Lipinski definition) is 1. The Morgan fingerprint density at radius 3 is 2.75 bits per heavy atom. The van der Waals surface area contributed by atoms with E-state index < -0.39 is 0 Å². The van der Waals surface area contributed by atoms with Crippen LogP contribution in [0.4, 0.5) is 5.69 Å². The highest BCUT2D eigenvalue weighted by atomic mass is 15.2. The van der Waals surface area contributed by atoms with E-state index in [0.717, 1.165) is 18.8 Å². The first-order chi connectivity index (χ1) is 7.86. The Labute approximate surface area is 96.8 Å². The average Bonchev–Trinajstić information content (AvgIpc) is 2.98. The first kappa shape index (κ1) is 9.88. The highest BCUT2D eigenvalue weighted by Gasteiger charge is 2.28. The molecule has 1 aromatic rings. The van der Waals surface area contributed by atoms with Crippen LogP contribution < -0.4 is 4.90 Å². The molecule has 2 nitrogen and oxygen atoms in total. The van der Waals surface area contributed by atoms with Crippen molar-refractivity contribution in [2.24, 2.45) is 5.92 Å². The maximum Gasteiger partial charge on any atom is 0.103 e. The zero-order valence-electron chi connectivity index (χ0n) is 9.58. The van der Waals surface area contributed by atoms with E-state index >= 15 is 0 Å². The molecular weight excluding hydrogens is 196 g/mol. The molecule has 1 saturated carbocycles. The van der Waals surface area contributed by atoms with E-state index in [9.17, 15) is 0 Å². The minimum absolute atomic E-state index is 0.520. The number of para-hydroxylation sites is 1. The lowest BCUT2D eigenvalue weighted by Crippen LogP contribution is -2.33. The predicted octanol–water partition coefficient (Wildman–Crippen LogP) is 3.22. The van der Waals surface area contributed by atoms with Gasteiger partial charge in [0.25, 0.3) is 0 Å². The SMILES string of the molecule is N=C(C1CCCC1)N1CCc2ccccc21. The summed E-state index contributed by atoms with van der Waals surface area (Å²) in [5.74, 6) is 1.38. The van der Waals surface area contributed by atoms with Crippen LogP contribution in [0.3, 0.4) is 0 Å². The smallest absolute Gasteiger partial charge is 0.103 e. The van der Waals surface area contributed by atoms with Crippen molar-refractivity contribution in [3.05, 3.63) is 29.8 Å². The van der Waals surface area contributed by atoms with Crippen LogP contribution in [0.5, 0.6) is 0 Å². The van der Waals surface area contributed by atoms with Gasteiger partial charge in [-0.25, -0.2) is 0 Å². The van der Waals surface area contributed by atoms with E-state index in [1.165, 1.54) is 36.9 Å². The van der Waals surface area contributed by atoms with Gasteiger partial charge in [-0.3, -0.25) is 5.41 Å². The van der Waals surface area contributed by atoms with E-state index in [2.05, 4.69) is 29.2 Å². The summed E-state index contributed by atoms with van der Waals surface area (Å²) in [5, 5.41) is 8.34. The van der Waals surface area contributed by atoms with Crippen molar-refractivity contribution in [1.82, 2.24) is 0 Å². The van der Waals surface area contributed by atoms with Crippen molar-refractivity contribution in [3.63, 3.8) is 0 Å². The lowest BCUT2D eigenvalue weighted by molar-refractivity contribution is 0.705. The second-order valence-corrected chi connectivity index (χ2v) is 4.90. The molecule has 1 aliphatic heterocycles. The Bertz CT molecular complexity index is 405. The maximum atomic E-state index is 8.34. The van der Waals surface area contributed by atoms with E-state index in [-0.39, 0.29) is 0 Å². The van der Waals surface area contributed by atoms with Crippen LogP contribution in [-0.4, -0.2) is 12.4 Å². The third-order valence-electron chi connectivity index (χ3n) is 3.92. The molecule has 0 aromatic heterocycles. The van der Waals surface area contributed by atoms with Crippen molar-refractivity contribution in [2.75, 3.05) is 11.4 Å². The van der Waals surface area contributed by atoms with Crippen LogP contribution >= 0.6 is 0 Å². The molecule has 0 radical (unpaired) electrons. The van der Waals surface area contributed by atoms with Crippen molar-refractivity contribution in [3.8, 4) is 0 Å². The van der Waals surface area contributed by atoms with Gasteiger partial charge in [0, 0.05) is 18.2 Å². The Hall–Kier alpha value is -1.31. The van der Waals surface area contributed by atoms with Gasteiger partial charge < -0.3 is 4.90 Å². The fourth-order valence-electron chi connectivity index (χ4n) is 3.01. The summed E-state index contributed by atoms with van der Waals surface area (Å²) >= 11 is 0. The van der Waals surface area contributed by atoms with Crippen LogP contribution in [0.2, 0.25) is 0 Å². The zero-order chi connectivity index (χ0) is 11.0. The summed E-state index contributed by atoms with van der Waals surface area (Å²) < 4.78 is 0. The first-order valence-corrected chi connectivity index (χ1v) is 6.30. The summed E-state index contributed by atoms with van der Waals surface area (Å²) in [7, 11) is 0. The number of fused-ring (bicyclic) bond motifs is 1. The van der Waals surface area contributed by atoms with Crippen molar-refractivity contribution in [2.45, 2.75) is 32.1 Å². The summed E-state index contributed by atoms with van der Waals surface area (Å²) in [4.78, 5) is 2.23. The predicted molar refractivity (Wildman–Crippen MR) is 67.2 cm³/mol. The molecule has 0 saturated heterocycles. The monoisotopic (exact) mass is 214 g/mol. The second-order valence-electron chi connectivity index (χ2n) is 4.90. The molecule has 0 atom stereocenters. The molecule has 1 fully saturated rings. The molecule has 1 aromatic carbocycles. The third kappa shape index (κ3) is 1.53. The molecule has 0 spiro atoms. The van der Waals surface area contributed by atoms with Crippen molar-refractivity contribution in [1.29, 1.82) is 5.41 Å². The Kier molecular flexibility index (Phi) is 2.43. The fourth-order valence-corrected chi connectivity index (χ4v) is 3.01. The van der Waals surface area contributed by atoms with Gasteiger partial charge in [0.1, 0.15) is 5.84 Å². The minimum Gasteiger partial charge on any atom is -0.330 e. The second kappa shape index (κ2) is 3.93. The molecule has 3 rings (SSSR count). The summed E-state index contributed by atoms with van der Waals surface area (Å²) in [5.41, 5.74) is 2.68. The Balaban J connectivity index is 1.84. The van der Waals surface area contributed by atoms with Crippen molar-refractivity contribution < 1.29 is 0 Å². The van der Waals surface area contributed by atoms with Gasteiger partial charge in [-0.15, -0.1) is 0 Å². The third-order valence-corrected chi connectivity index (χ3v) is 3.92. The van der Waals surface area contributed by atoms with Gasteiger partial charge >= 0.3 is 0 Å². The Morgan fingerprint density at radius 1 is 1.19 bits per heavy atom. The van der Waals surface area contributed by atoms with E-state index in [0.29, 0.717) is 5.92 Å². The molecule has 2 aliphatic rings. The van der Waals surface area contributed by atoms with Crippen LogP contribution in [0.15, 0.2) is 24.3 Å². The lowest BCUT2D eigenvalue weighted by Gasteiger charge is -2.24. The first-order valence-electron chi connectivity index (χ1n) is 6.30. The fraction of sp³-hybridized carbons (Fsp3) is 0.500. The molecule has 84 valence electrons. The van der Waals surface area contributed by atoms with Crippen LogP contribution in [0.25, 0.3) is 0 Å². The van der Waals surface area contributed by atoms with E-state index in [4.69, 9.17) is 5.41 Å². The van der Waals surface area contributed by atoms with Gasteiger partial charge in [0.05, 0.1) is 0 Å². The number of hydrogen-bond acceptors (Lipinski definition) is 1. The highest BCUT2D eigenvalue weighted by molar-refractivity contribution is 5.99. The van der Waals surface area contributed by atoms with Crippen LogP contribution in [-0.2, 0) is 6.42 Å². The normalized spacial score (nSPS) is 20.1. The molecule has 0 unspecified atom stereocenters. The van der Waals surface area contributed by atoms with Crippen molar-refractivity contribution >= 4 is 11.5 Å². The molecule has 0 amide bonds. The minimum atomic E-state index is 0.520. The zero-order valence-corrected chi connectivity index (χ0v) is 9.58. The molecule has 0 bridgehead atoms. The van der Waals surface area contributed by atoms with Crippen LogP contribution in [0, 0.1) is 11.3 Å². The van der Waals surface area contributed by atoms with Gasteiger partial charge in [-0.05, 0) is 30.9 Å². The summed E-state index contributed by atoms with van der Waals surface area (Å²) in [6.45, 7) is 1.01. The Morgan fingerprint density at radius 2 is 1.94 bits per heavy atom. The average molecular weight is 214 g/mol. The summed E-state index contributed by atoms with van der Waals surface area (Å²) in [6, 6.07) is 8.53. The molecule has 1 heterocycles. The quantitative estimate of drug-likeness (QED) is 0.564. The molecule has 16 heavy (non-hydrogen) atoms. The van der Waals surface area contributed by atoms with Gasteiger partial charge in [-0.2, -0.15) is 0 Å². The van der Waals surface area contributed by atoms with E-state index in [1.54, 1.807) is 0 Å². The largest absolute Gasteiger partial charge is 0.330 e. The van der Waals surface area contributed by atoms with Gasteiger partial charge in [0.15, 0.2) is 0 Å². The molecule has 1 aliphatic carbocycles.